The van der Waals surface area contributed by atoms with Crippen molar-refractivity contribution in [2.75, 3.05) is 52.5 Å². The van der Waals surface area contributed by atoms with Gasteiger partial charge >= 0.3 is 0 Å². The van der Waals surface area contributed by atoms with Crippen LogP contribution in [0.3, 0.4) is 0 Å². The second-order valence-corrected chi connectivity index (χ2v) is 7.42. The molecule has 0 aliphatic carbocycles. The number of guanidine groups is 1. The Morgan fingerprint density at radius 1 is 1.17 bits per heavy atom. The lowest BCUT2D eigenvalue weighted by Gasteiger charge is -2.36. The van der Waals surface area contributed by atoms with Crippen molar-refractivity contribution in [3.8, 4) is 0 Å². The van der Waals surface area contributed by atoms with Crippen LogP contribution >= 0.6 is 0 Å². The number of piperidine rings is 1. The van der Waals surface area contributed by atoms with Crippen molar-refractivity contribution in [2.24, 2.45) is 10.9 Å². The van der Waals surface area contributed by atoms with Crippen molar-refractivity contribution >= 4 is 11.9 Å². The first-order valence-electron chi connectivity index (χ1n) is 10.4. The predicted octanol–water partition coefficient (Wildman–Crippen LogP) is 2.04. The van der Waals surface area contributed by atoms with Gasteiger partial charge in [0.1, 0.15) is 11.6 Å². The Labute approximate surface area is 170 Å². The molecule has 0 saturated carbocycles. The number of nitrogens with zero attached hydrogens (tertiary/aromatic N) is 3. The van der Waals surface area contributed by atoms with Crippen LogP contribution in [0, 0.1) is 17.6 Å². The van der Waals surface area contributed by atoms with E-state index in [0.29, 0.717) is 44.8 Å². The summed E-state index contributed by atoms with van der Waals surface area (Å²) in [4.78, 5) is 21.4. The van der Waals surface area contributed by atoms with Gasteiger partial charge in [0.05, 0.1) is 13.2 Å². The summed E-state index contributed by atoms with van der Waals surface area (Å²) in [5, 5.41) is 3.28. The standard InChI is InChI=1S/C21H30F2N4O2/c1-2-24-21(25-8-5-16-3-4-18(22)15-19(16)23)27-9-6-17(7-10-27)20(28)26-11-13-29-14-12-26/h3-4,15,17H,2,5-14H2,1H3,(H,24,25). The molecule has 3 rings (SSSR count). The van der Waals surface area contributed by atoms with Gasteiger partial charge in [-0.15, -0.1) is 0 Å². The van der Waals surface area contributed by atoms with E-state index in [1.54, 1.807) is 0 Å². The molecule has 0 spiro atoms. The lowest BCUT2D eigenvalue weighted by atomic mass is 9.95. The number of nitrogens with one attached hydrogen (secondary N) is 1. The van der Waals surface area contributed by atoms with Gasteiger partial charge in [0.25, 0.3) is 0 Å². The van der Waals surface area contributed by atoms with Crippen LogP contribution in [0.5, 0.6) is 0 Å². The van der Waals surface area contributed by atoms with Gasteiger partial charge in [0.2, 0.25) is 5.91 Å². The molecule has 0 bridgehead atoms. The summed E-state index contributed by atoms with van der Waals surface area (Å²) >= 11 is 0. The summed E-state index contributed by atoms with van der Waals surface area (Å²) in [6.07, 6.45) is 2.01. The Hall–Kier alpha value is -2.22. The van der Waals surface area contributed by atoms with Crippen LogP contribution in [-0.2, 0) is 16.0 Å². The summed E-state index contributed by atoms with van der Waals surface area (Å²) in [7, 11) is 0. The summed E-state index contributed by atoms with van der Waals surface area (Å²) in [5.74, 6) is -0.0280. The van der Waals surface area contributed by atoms with Crippen LogP contribution < -0.4 is 5.32 Å². The fourth-order valence-corrected chi connectivity index (χ4v) is 3.81. The van der Waals surface area contributed by atoms with E-state index in [4.69, 9.17) is 4.74 Å². The molecular weight excluding hydrogens is 378 g/mol. The maximum atomic E-state index is 13.8. The number of amides is 1. The van der Waals surface area contributed by atoms with Crippen LogP contribution in [0.2, 0.25) is 0 Å². The Kier molecular flexibility index (Phi) is 7.80. The van der Waals surface area contributed by atoms with E-state index < -0.39 is 11.6 Å². The SMILES string of the molecule is CCNC(=NCCc1ccc(F)cc1F)N1CCC(C(=O)N2CCOCC2)CC1. The van der Waals surface area contributed by atoms with E-state index >= 15 is 0 Å². The van der Waals surface area contributed by atoms with Gasteiger partial charge in [-0.05, 0) is 37.8 Å². The van der Waals surface area contributed by atoms with E-state index in [1.165, 1.54) is 12.1 Å². The van der Waals surface area contributed by atoms with Crippen molar-refractivity contribution in [2.45, 2.75) is 26.2 Å². The number of rotatable bonds is 5. The molecule has 0 atom stereocenters. The molecule has 2 aliphatic rings. The number of halogens is 2. The number of aliphatic imine (C=N–C) groups is 1. The molecule has 0 unspecified atom stereocenters. The molecule has 160 valence electrons. The maximum Gasteiger partial charge on any atom is 0.225 e. The quantitative estimate of drug-likeness (QED) is 0.599. The number of hydrogen-bond donors (Lipinski definition) is 1. The summed E-state index contributed by atoms with van der Waals surface area (Å²) in [6, 6.07) is 3.64. The maximum absolute atomic E-state index is 13.8. The summed E-state index contributed by atoms with van der Waals surface area (Å²) in [5.41, 5.74) is 0.459. The normalized spacial score (nSPS) is 18.8. The van der Waals surface area contributed by atoms with Crippen LogP contribution in [0.1, 0.15) is 25.3 Å². The molecule has 2 fully saturated rings. The van der Waals surface area contributed by atoms with Gasteiger partial charge in [0.15, 0.2) is 5.96 Å². The number of carbonyl (C=O) groups excluding carboxylic acids is 1. The third kappa shape index (κ3) is 5.88. The monoisotopic (exact) mass is 408 g/mol. The van der Waals surface area contributed by atoms with Crippen LogP contribution in [0.4, 0.5) is 8.78 Å². The number of carbonyl (C=O) groups is 1. The van der Waals surface area contributed by atoms with E-state index in [-0.39, 0.29) is 11.8 Å². The van der Waals surface area contributed by atoms with Crippen molar-refractivity contribution in [3.63, 3.8) is 0 Å². The molecule has 1 N–H and O–H groups in total. The molecule has 1 amide bonds. The zero-order valence-corrected chi connectivity index (χ0v) is 17.0. The lowest BCUT2D eigenvalue weighted by molar-refractivity contribution is -0.140. The second kappa shape index (κ2) is 10.5. The first-order valence-corrected chi connectivity index (χ1v) is 10.4. The van der Waals surface area contributed by atoms with E-state index in [9.17, 15) is 13.6 Å². The van der Waals surface area contributed by atoms with Gasteiger partial charge in [-0.1, -0.05) is 6.07 Å². The number of likely N-dealkylation sites (tertiary alicyclic amines) is 1. The summed E-state index contributed by atoms with van der Waals surface area (Å²) < 4.78 is 32.1. The van der Waals surface area contributed by atoms with Crippen LogP contribution in [0.25, 0.3) is 0 Å². The van der Waals surface area contributed by atoms with Crippen molar-refractivity contribution in [1.82, 2.24) is 15.1 Å². The number of benzene rings is 1. The molecule has 2 heterocycles. The van der Waals surface area contributed by atoms with Crippen molar-refractivity contribution < 1.29 is 18.3 Å². The molecule has 2 saturated heterocycles. The Balaban J connectivity index is 1.52. The van der Waals surface area contributed by atoms with Gasteiger partial charge in [-0.2, -0.15) is 0 Å². The molecule has 6 nitrogen and oxygen atoms in total. The minimum atomic E-state index is -0.572. The van der Waals surface area contributed by atoms with Crippen molar-refractivity contribution in [3.05, 3.63) is 35.4 Å². The van der Waals surface area contributed by atoms with Gasteiger partial charge < -0.3 is 19.9 Å². The average molecular weight is 408 g/mol. The average Bonchev–Trinajstić information content (AvgIpc) is 2.75. The van der Waals surface area contributed by atoms with Crippen LogP contribution in [0.15, 0.2) is 23.2 Å². The van der Waals surface area contributed by atoms with Gasteiger partial charge in [-0.25, -0.2) is 8.78 Å². The first kappa shape index (κ1) is 21.5. The zero-order valence-electron chi connectivity index (χ0n) is 17.0. The number of morpholine rings is 1. The molecule has 1 aromatic carbocycles. The second-order valence-electron chi connectivity index (χ2n) is 7.42. The highest BCUT2D eigenvalue weighted by Crippen LogP contribution is 2.20. The third-order valence-electron chi connectivity index (χ3n) is 5.46. The first-order chi connectivity index (χ1) is 14.1. The number of hydrogen-bond acceptors (Lipinski definition) is 3. The highest BCUT2D eigenvalue weighted by molar-refractivity contribution is 5.82. The van der Waals surface area contributed by atoms with E-state index in [0.717, 1.165) is 44.5 Å². The van der Waals surface area contributed by atoms with Gasteiger partial charge in [0, 0.05) is 51.3 Å². The molecule has 2 aliphatic heterocycles. The molecule has 29 heavy (non-hydrogen) atoms. The van der Waals surface area contributed by atoms with Crippen LogP contribution in [-0.4, -0.2) is 74.1 Å². The molecule has 8 heteroatoms. The molecule has 0 aromatic heterocycles. The highest BCUT2D eigenvalue weighted by Gasteiger charge is 2.30. The zero-order chi connectivity index (χ0) is 20.6. The lowest BCUT2D eigenvalue weighted by Crippen LogP contribution is -2.50. The van der Waals surface area contributed by atoms with E-state index in [2.05, 4.69) is 15.2 Å². The smallest absolute Gasteiger partial charge is 0.225 e. The van der Waals surface area contributed by atoms with E-state index in [1.807, 2.05) is 11.8 Å². The van der Waals surface area contributed by atoms with Crippen molar-refractivity contribution in [1.29, 1.82) is 0 Å². The number of ether oxygens (including phenoxy) is 1. The fourth-order valence-electron chi connectivity index (χ4n) is 3.81. The Morgan fingerprint density at radius 2 is 1.90 bits per heavy atom. The summed E-state index contributed by atoms with van der Waals surface area (Å²) in [6.45, 7) is 7.28. The third-order valence-corrected chi connectivity index (χ3v) is 5.46. The molecule has 1 aromatic rings. The minimum absolute atomic E-state index is 0.0561. The minimum Gasteiger partial charge on any atom is -0.378 e. The molecule has 0 radical (unpaired) electrons. The fraction of sp³-hybridized carbons (Fsp3) is 0.619. The predicted molar refractivity (Wildman–Crippen MR) is 108 cm³/mol. The molecular formula is C21H30F2N4O2. The Morgan fingerprint density at radius 3 is 2.55 bits per heavy atom. The van der Waals surface area contributed by atoms with Gasteiger partial charge in [-0.3, -0.25) is 9.79 Å². The largest absolute Gasteiger partial charge is 0.378 e. The highest BCUT2D eigenvalue weighted by atomic mass is 19.1. The topological polar surface area (TPSA) is 57.2 Å². The Bertz CT molecular complexity index is 715.